The van der Waals surface area contributed by atoms with Gasteiger partial charge in [-0.3, -0.25) is 4.98 Å². The molecule has 0 radical (unpaired) electrons. The monoisotopic (exact) mass is 201 g/mol. The minimum atomic E-state index is 0. The van der Waals surface area contributed by atoms with Crippen LogP contribution < -0.4 is 0 Å². The molecule has 0 fully saturated rings. The van der Waals surface area contributed by atoms with Crippen LogP contribution >= 0.6 is 17.0 Å². The molecule has 1 aromatic heterocycles. The molecule has 0 bridgehead atoms. The molecule has 0 amide bonds. The maximum absolute atomic E-state index is 4.18. The Morgan fingerprint density at radius 1 is 1.20 bits per heavy atom. The van der Waals surface area contributed by atoms with Gasteiger partial charge in [0.1, 0.15) is 0 Å². The molecule has 0 spiro atoms. The Bertz CT molecular complexity index is 220. The quantitative estimate of drug-likeness (QED) is 0.630. The first-order chi connectivity index (χ1) is 4.20. The number of hydrogen-bond donors (Lipinski definition) is 0. The molecule has 56 valence electrons. The number of aromatic nitrogens is 1. The fourth-order valence-corrected chi connectivity index (χ4v) is 0.784. The van der Waals surface area contributed by atoms with E-state index >= 15 is 0 Å². The largest absolute Gasteiger partial charge is 0.261 e. The summed E-state index contributed by atoms with van der Waals surface area (Å²) in [6.45, 7) is 6.16. The van der Waals surface area contributed by atoms with Crippen LogP contribution in [0.2, 0.25) is 0 Å². The van der Waals surface area contributed by atoms with E-state index in [1.165, 1.54) is 11.1 Å². The van der Waals surface area contributed by atoms with E-state index in [2.05, 4.69) is 24.9 Å². The van der Waals surface area contributed by atoms with E-state index in [-0.39, 0.29) is 17.0 Å². The average molecular weight is 202 g/mol. The van der Waals surface area contributed by atoms with Crippen molar-refractivity contribution in [1.82, 2.24) is 4.98 Å². The van der Waals surface area contributed by atoms with Crippen LogP contribution in [0.5, 0.6) is 0 Å². The van der Waals surface area contributed by atoms with E-state index in [4.69, 9.17) is 0 Å². The zero-order chi connectivity index (χ0) is 6.85. The normalized spacial score (nSPS) is 8.70. The van der Waals surface area contributed by atoms with Gasteiger partial charge >= 0.3 is 0 Å². The van der Waals surface area contributed by atoms with Gasteiger partial charge in [-0.1, -0.05) is 6.07 Å². The second-order valence-corrected chi connectivity index (χ2v) is 2.41. The van der Waals surface area contributed by atoms with Crippen molar-refractivity contribution in [2.45, 2.75) is 20.8 Å². The van der Waals surface area contributed by atoms with Gasteiger partial charge in [-0.25, -0.2) is 0 Å². The lowest BCUT2D eigenvalue weighted by molar-refractivity contribution is 1.12. The van der Waals surface area contributed by atoms with Crippen LogP contribution in [0.3, 0.4) is 0 Å². The second kappa shape index (κ2) is 3.71. The van der Waals surface area contributed by atoms with Crippen molar-refractivity contribution in [1.29, 1.82) is 0 Å². The lowest BCUT2D eigenvalue weighted by Crippen LogP contribution is -1.85. The van der Waals surface area contributed by atoms with E-state index in [0.29, 0.717) is 0 Å². The molecular formula is C8H12BrN. The van der Waals surface area contributed by atoms with Crippen molar-refractivity contribution >= 4 is 17.0 Å². The molecule has 0 atom stereocenters. The first kappa shape index (κ1) is 9.63. The Balaban J connectivity index is 0.000000810. The Kier molecular flexibility index (Phi) is 3.58. The SMILES string of the molecule is Br.Cc1cnc(C)c(C)c1. The molecule has 0 aliphatic rings. The molecule has 0 aliphatic carbocycles. The summed E-state index contributed by atoms with van der Waals surface area (Å²) in [5.41, 5.74) is 3.63. The van der Waals surface area contributed by atoms with Crippen LogP contribution in [0.25, 0.3) is 0 Å². The molecule has 1 aromatic rings. The van der Waals surface area contributed by atoms with Crippen molar-refractivity contribution in [3.05, 3.63) is 29.1 Å². The van der Waals surface area contributed by atoms with Gasteiger partial charge < -0.3 is 0 Å². The zero-order valence-corrected chi connectivity index (χ0v) is 8.22. The summed E-state index contributed by atoms with van der Waals surface area (Å²) in [5.74, 6) is 0. The van der Waals surface area contributed by atoms with Crippen LogP contribution in [0.4, 0.5) is 0 Å². The van der Waals surface area contributed by atoms with Gasteiger partial charge in [0.15, 0.2) is 0 Å². The van der Waals surface area contributed by atoms with Crippen LogP contribution in [0.1, 0.15) is 16.8 Å². The number of pyridine rings is 1. The standard InChI is InChI=1S/C8H11N.BrH/c1-6-4-7(2)8(3)9-5-6;/h4-5H,1-3H3;1H. The van der Waals surface area contributed by atoms with E-state index in [0.717, 1.165) is 5.69 Å². The van der Waals surface area contributed by atoms with Gasteiger partial charge in [0.2, 0.25) is 0 Å². The molecule has 1 rings (SSSR count). The van der Waals surface area contributed by atoms with E-state index in [1.54, 1.807) is 0 Å². The topological polar surface area (TPSA) is 12.9 Å². The number of rotatable bonds is 0. The molecule has 0 aliphatic heterocycles. The highest BCUT2D eigenvalue weighted by Gasteiger charge is 1.90. The number of nitrogens with zero attached hydrogens (tertiary/aromatic N) is 1. The Morgan fingerprint density at radius 3 is 2.20 bits per heavy atom. The lowest BCUT2D eigenvalue weighted by atomic mass is 10.2. The predicted octanol–water partition coefficient (Wildman–Crippen LogP) is 2.58. The molecule has 0 unspecified atom stereocenters. The summed E-state index contributed by atoms with van der Waals surface area (Å²) in [4.78, 5) is 4.18. The zero-order valence-electron chi connectivity index (χ0n) is 6.51. The van der Waals surface area contributed by atoms with Crippen LogP contribution in [-0.4, -0.2) is 4.98 Å². The van der Waals surface area contributed by atoms with Gasteiger partial charge in [0, 0.05) is 11.9 Å². The van der Waals surface area contributed by atoms with Crippen LogP contribution in [-0.2, 0) is 0 Å². The number of aryl methyl sites for hydroxylation is 3. The number of hydrogen-bond acceptors (Lipinski definition) is 1. The first-order valence-electron chi connectivity index (χ1n) is 3.10. The predicted molar refractivity (Wildman–Crippen MR) is 48.8 cm³/mol. The fourth-order valence-electron chi connectivity index (χ4n) is 0.784. The van der Waals surface area contributed by atoms with Crippen LogP contribution in [0, 0.1) is 20.8 Å². The second-order valence-electron chi connectivity index (χ2n) is 2.41. The molecule has 10 heavy (non-hydrogen) atoms. The maximum atomic E-state index is 4.18. The minimum absolute atomic E-state index is 0. The summed E-state index contributed by atoms with van der Waals surface area (Å²) in [6.07, 6.45) is 1.89. The first-order valence-corrected chi connectivity index (χ1v) is 3.10. The summed E-state index contributed by atoms with van der Waals surface area (Å²) in [7, 11) is 0. The maximum Gasteiger partial charge on any atom is 0.0401 e. The Morgan fingerprint density at radius 2 is 1.80 bits per heavy atom. The fraction of sp³-hybridized carbons (Fsp3) is 0.375. The van der Waals surface area contributed by atoms with Crippen molar-refractivity contribution in [3.63, 3.8) is 0 Å². The van der Waals surface area contributed by atoms with E-state index < -0.39 is 0 Å². The minimum Gasteiger partial charge on any atom is -0.261 e. The highest BCUT2D eigenvalue weighted by Crippen LogP contribution is 2.03. The van der Waals surface area contributed by atoms with E-state index in [1.807, 2.05) is 13.1 Å². The Labute approximate surface area is 72.3 Å². The molecule has 1 heterocycles. The molecule has 0 aromatic carbocycles. The molecule has 0 saturated carbocycles. The highest BCUT2D eigenvalue weighted by atomic mass is 79.9. The lowest BCUT2D eigenvalue weighted by Gasteiger charge is -1.97. The summed E-state index contributed by atoms with van der Waals surface area (Å²) in [5, 5.41) is 0. The molecular weight excluding hydrogens is 190 g/mol. The average Bonchev–Trinajstić information content (AvgIpc) is 1.80. The van der Waals surface area contributed by atoms with Gasteiger partial charge in [-0.05, 0) is 31.9 Å². The van der Waals surface area contributed by atoms with Crippen molar-refractivity contribution in [3.8, 4) is 0 Å². The van der Waals surface area contributed by atoms with Crippen molar-refractivity contribution in [2.24, 2.45) is 0 Å². The molecule has 1 nitrogen and oxygen atoms in total. The van der Waals surface area contributed by atoms with Crippen molar-refractivity contribution in [2.75, 3.05) is 0 Å². The molecule has 0 saturated heterocycles. The summed E-state index contributed by atoms with van der Waals surface area (Å²) < 4.78 is 0. The van der Waals surface area contributed by atoms with Gasteiger partial charge in [-0.15, -0.1) is 17.0 Å². The molecule has 2 heteroatoms. The van der Waals surface area contributed by atoms with E-state index in [9.17, 15) is 0 Å². The highest BCUT2D eigenvalue weighted by molar-refractivity contribution is 8.93. The smallest absolute Gasteiger partial charge is 0.0401 e. The third-order valence-electron chi connectivity index (χ3n) is 1.48. The number of halogens is 1. The molecule has 0 N–H and O–H groups in total. The van der Waals surface area contributed by atoms with Crippen LogP contribution in [0.15, 0.2) is 12.3 Å². The van der Waals surface area contributed by atoms with Gasteiger partial charge in [-0.2, -0.15) is 0 Å². The van der Waals surface area contributed by atoms with Gasteiger partial charge in [0.05, 0.1) is 0 Å². The third-order valence-corrected chi connectivity index (χ3v) is 1.48. The summed E-state index contributed by atoms with van der Waals surface area (Å²) >= 11 is 0. The third kappa shape index (κ3) is 2.10. The summed E-state index contributed by atoms with van der Waals surface area (Å²) in [6, 6.07) is 2.14. The Hall–Kier alpha value is -0.370. The van der Waals surface area contributed by atoms with Gasteiger partial charge in [0.25, 0.3) is 0 Å². The van der Waals surface area contributed by atoms with Crippen molar-refractivity contribution < 1.29 is 0 Å².